The Morgan fingerprint density at radius 3 is 2.25 bits per heavy atom. The van der Waals surface area contributed by atoms with Gasteiger partial charge in [0.05, 0.1) is 0 Å². The summed E-state index contributed by atoms with van der Waals surface area (Å²) in [7, 11) is 0. The van der Waals surface area contributed by atoms with Crippen molar-refractivity contribution in [2.24, 2.45) is 11.7 Å². The van der Waals surface area contributed by atoms with Gasteiger partial charge in [0, 0.05) is 25.7 Å². The molecule has 0 fully saturated rings. The van der Waals surface area contributed by atoms with E-state index in [1.807, 2.05) is 0 Å². The average molecular weight is 229 g/mol. The van der Waals surface area contributed by atoms with Gasteiger partial charge in [0.15, 0.2) is 0 Å². The van der Waals surface area contributed by atoms with Gasteiger partial charge in [0.1, 0.15) is 0 Å². The summed E-state index contributed by atoms with van der Waals surface area (Å²) in [5.74, 6) is 0.687. The molecule has 0 aromatic rings. The molecule has 3 nitrogen and oxygen atoms in total. The molecule has 3 heteroatoms. The van der Waals surface area contributed by atoms with Crippen molar-refractivity contribution < 1.29 is 0 Å². The van der Waals surface area contributed by atoms with Gasteiger partial charge in [-0.05, 0) is 25.4 Å². The zero-order valence-corrected chi connectivity index (χ0v) is 11.6. The van der Waals surface area contributed by atoms with Crippen molar-refractivity contribution in [2.45, 2.75) is 46.6 Å². The molecule has 0 heterocycles. The van der Waals surface area contributed by atoms with Crippen LogP contribution in [0.3, 0.4) is 0 Å². The highest BCUT2D eigenvalue weighted by molar-refractivity contribution is 4.74. The highest BCUT2D eigenvalue weighted by Crippen LogP contribution is 2.09. The third-order valence-electron chi connectivity index (χ3n) is 3.41. The van der Waals surface area contributed by atoms with E-state index in [4.69, 9.17) is 5.73 Å². The zero-order valence-electron chi connectivity index (χ0n) is 11.6. The smallest absolute Gasteiger partial charge is 0.0216 e. The van der Waals surface area contributed by atoms with Crippen molar-refractivity contribution in [1.82, 2.24) is 10.2 Å². The van der Waals surface area contributed by atoms with E-state index in [0.29, 0.717) is 12.0 Å². The fourth-order valence-corrected chi connectivity index (χ4v) is 2.12. The first kappa shape index (κ1) is 15.9. The van der Waals surface area contributed by atoms with Crippen molar-refractivity contribution in [3.63, 3.8) is 0 Å². The number of nitrogens with one attached hydrogen (secondary N) is 1. The molecule has 0 aliphatic carbocycles. The summed E-state index contributed by atoms with van der Waals surface area (Å²) in [6, 6.07) is 0.482. The first-order chi connectivity index (χ1) is 7.69. The summed E-state index contributed by atoms with van der Waals surface area (Å²) >= 11 is 0. The second-order valence-electron chi connectivity index (χ2n) is 4.59. The Morgan fingerprint density at radius 2 is 1.81 bits per heavy atom. The van der Waals surface area contributed by atoms with Crippen LogP contribution < -0.4 is 11.1 Å². The molecule has 3 N–H and O–H groups in total. The van der Waals surface area contributed by atoms with Crippen LogP contribution in [-0.2, 0) is 0 Å². The Labute approximate surface area is 102 Å². The molecule has 0 aliphatic heterocycles. The van der Waals surface area contributed by atoms with Gasteiger partial charge in [-0.3, -0.25) is 0 Å². The second-order valence-corrected chi connectivity index (χ2v) is 4.59. The monoisotopic (exact) mass is 229 g/mol. The summed E-state index contributed by atoms with van der Waals surface area (Å²) in [4.78, 5) is 2.44. The van der Waals surface area contributed by atoms with Gasteiger partial charge < -0.3 is 16.0 Å². The van der Waals surface area contributed by atoms with Crippen molar-refractivity contribution in [3.05, 3.63) is 0 Å². The quantitative estimate of drug-likeness (QED) is 0.599. The molecule has 0 bridgehead atoms. The van der Waals surface area contributed by atoms with E-state index in [1.165, 1.54) is 12.8 Å². The van der Waals surface area contributed by atoms with Crippen LogP contribution in [0.2, 0.25) is 0 Å². The molecule has 2 unspecified atom stereocenters. The van der Waals surface area contributed by atoms with E-state index < -0.39 is 0 Å². The Balaban J connectivity index is 3.77. The molecule has 0 radical (unpaired) electrons. The van der Waals surface area contributed by atoms with Gasteiger partial charge in [0.25, 0.3) is 0 Å². The van der Waals surface area contributed by atoms with E-state index in [-0.39, 0.29) is 0 Å². The van der Waals surface area contributed by atoms with Crippen molar-refractivity contribution >= 4 is 0 Å². The largest absolute Gasteiger partial charge is 0.329 e. The molecule has 0 saturated carbocycles. The first-order valence-electron chi connectivity index (χ1n) is 6.85. The molecular weight excluding hydrogens is 198 g/mol. The predicted molar refractivity (Wildman–Crippen MR) is 72.7 cm³/mol. The maximum absolute atomic E-state index is 5.81. The Hall–Kier alpha value is -0.120. The minimum Gasteiger partial charge on any atom is -0.329 e. The molecule has 0 aliphatic rings. The van der Waals surface area contributed by atoms with Gasteiger partial charge in [-0.25, -0.2) is 0 Å². The van der Waals surface area contributed by atoms with Gasteiger partial charge >= 0.3 is 0 Å². The van der Waals surface area contributed by atoms with Crippen LogP contribution in [0.5, 0.6) is 0 Å². The molecule has 16 heavy (non-hydrogen) atoms. The summed E-state index contributed by atoms with van der Waals surface area (Å²) in [6.07, 6.45) is 2.51. The van der Waals surface area contributed by atoms with Crippen LogP contribution >= 0.6 is 0 Å². The van der Waals surface area contributed by atoms with Crippen molar-refractivity contribution in [3.8, 4) is 0 Å². The van der Waals surface area contributed by atoms with Crippen LogP contribution in [-0.4, -0.2) is 43.7 Å². The number of nitrogens with zero attached hydrogens (tertiary/aromatic N) is 1. The lowest BCUT2D eigenvalue weighted by Gasteiger charge is -2.25. The molecular formula is C13H31N3. The molecule has 0 spiro atoms. The molecule has 2 atom stereocenters. The van der Waals surface area contributed by atoms with E-state index in [9.17, 15) is 0 Å². The maximum Gasteiger partial charge on any atom is 0.0216 e. The van der Waals surface area contributed by atoms with Gasteiger partial charge in [0.2, 0.25) is 0 Å². The van der Waals surface area contributed by atoms with Crippen molar-refractivity contribution in [1.29, 1.82) is 0 Å². The van der Waals surface area contributed by atoms with Gasteiger partial charge in [-0.2, -0.15) is 0 Å². The topological polar surface area (TPSA) is 41.3 Å². The minimum atomic E-state index is 0.482. The van der Waals surface area contributed by atoms with Crippen LogP contribution in [0.1, 0.15) is 40.5 Å². The van der Waals surface area contributed by atoms with Crippen molar-refractivity contribution in [2.75, 3.05) is 32.7 Å². The highest BCUT2D eigenvalue weighted by Gasteiger charge is 2.13. The Morgan fingerprint density at radius 1 is 1.19 bits per heavy atom. The van der Waals surface area contributed by atoms with Gasteiger partial charge in [-0.1, -0.05) is 34.1 Å². The van der Waals surface area contributed by atoms with Crippen LogP contribution in [0, 0.1) is 5.92 Å². The third-order valence-corrected chi connectivity index (χ3v) is 3.41. The number of nitrogens with two attached hydrogens (primary N) is 1. The molecule has 98 valence electrons. The summed E-state index contributed by atoms with van der Waals surface area (Å²) in [5.41, 5.74) is 5.81. The zero-order chi connectivity index (χ0) is 12.4. The number of rotatable bonds is 10. The van der Waals surface area contributed by atoms with Crippen LogP contribution in [0.25, 0.3) is 0 Å². The third kappa shape index (κ3) is 6.46. The van der Waals surface area contributed by atoms with Gasteiger partial charge in [-0.15, -0.1) is 0 Å². The minimum absolute atomic E-state index is 0.482. The fourth-order valence-electron chi connectivity index (χ4n) is 2.12. The second kappa shape index (κ2) is 10.1. The van der Waals surface area contributed by atoms with E-state index in [1.54, 1.807) is 0 Å². The molecule has 0 aromatic heterocycles. The number of likely N-dealkylation sites (N-methyl/N-ethyl adjacent to an activating group) is 1. The van der Waals surface area contributed by atoms with E-state index in [2.05, 4.69) is 37.9 Å². The molecule has 0 saturated heterocycles. The summed E-state index contributed by atoms with van der Waals surface area (Å²) in [6.45, 7) is 14.2. The Bertz CT molecular complexity index is 146. The fraction of sp³-hybridized carbons (Fsp3) is 1.00. The number of hydrogen-bond donors (Lipinski definition) is 2. The lowest BCUT2D eigenvalue weighted by molar-refractivity contribution is 0.281. The molecule has 0 rings (SSSR count). The first-order valence-corrected chi connectivity index (χ1v) is 6.85. The van der Waals surface area contributed by atoms with E-state index in [0.717, 1.165) is 32.7 Å². The predicted octanol–water partition coefficient (Wildman–Crippen LogP) is 1.68. The normalized spacial score (nSPS) is 15.4. The number of hydrogen-bond acceptors (Lipinski definition) is 3. The SMILES string of the molecule is CCCC(C)C(CN)NCCN(CC)CC. The Kier molecular flexibility index (Phi) is 9.99. The summed E-state index contributed by atoms with van der Waals surface area (Å²) in [5, 5.41) is 3.59. The lowest BCUT2D eigenvalue weighted by atomic mass is 9.97. The molecule has 0 aromatic carbocycles. The highest BCUT2D eigenvalue weighted by atomic mass is 15.1. The lowest BCUT2D eigenvalue weighted by Crippen LogP contribution is -2.44. The standard InChI is InChI=1S/C13H31N3/c1-5-8-12(4)13(11-14)15-9-10-16(6-2)7-3/h12-13,15H,5-11,14H2,1-4H3. The van der Waals surface area contributed by atoms with E-state index >= 15 is 0 Å². The van der Waals surface area contributed by atoms with Crippen LogP contribution in [0.4, 0.5) is 0 Å². The molecule has 0 amide bonds. The average Bonchev–Trinajstić information content (AvgIpc) is 2.30. The summed E-state index contributed by atoms with van der Waals surface area (Å²) < 4.78 is 0. The van der Waals surface area contributed by atoms with Crippen LogP contribution in [0.15, 0.2) is 0 Å². The maximum atomic E-state index is 5.81.